The fourth-order valence-electron chi connectivity index (χ4n) is 2.65. The van der Waals surface area contributed by atoms with Crippen molar-refractivity contribution in [2.75, 3.05) is 19.0 Å². The molecule has 28 heavy (non-hydrogen) atoms. The summed E-state index contributed by atoms with van der Waals surface area (Å²) in [5.74, 6) is -0.365. The minimum Gasteiger partial charge on any atom is -0.506 e. The summed E-state index contributed by atoms with van der Waals surface area (Å²) in [5, 5.41) is 21.3. The normalized spacial score (nSPS) is 11.0. The van der Waals surface area contributed by atoms with Gasteiger partial charge in [0.15, 0.2) is 6.61 Å². The SMILES string of the molecule is COc1ccc(OCC(=O)Nc2cc(CC(=O)O)ccc2O)c(C(C)(C)C)c1. The van der Waals surface area contributed by atoms with Gasteiger partial charge in [0.05, 0.1) is 19.2 Å². The van der Waals surface area contributed by atoms with Crippen LogP contribution in [0.5, 0.6) is 17.2 Å². The van der Waals surface area contributed by atoms with Crippen molar-refractivity contribution in [2.24, 2.45) is 0 Å². The van der Waals surface area contributed by atoms with Crippen molar-refractivity contribution in [2.45, 2.75) is 32.6 Å². The Morgan fingerprint density at radius 1 is 1.11 bits per heavy atom. The highest BCUT2D eigenvalue weighted by atomic mass is 16.5. The Morgan fingerprint density at radius 2 is 1.82 bits per heavy atom. The average molecular weight is 387 g/mol. The molecule has 0 aliphatic rings. The summed E-state index contributed by atoms with van der Waals surface area (Å²) >= 11 is 0. The lowest BCUT2D eigenvalue weighted by Gasteiger charge is -2.23. The Bertz CT molecular complexity index is 870. The zero-order valence-electron chi connectivity index (χ0n) is 16.4. The lowest BCUT2D eigenvalue weighted by Crippen LogP contribution is -2.22. The highest BCUT2D eigenvalue weighted by Gasteiger charge is 2.21. The second-order valence-electron chi connectivity index (χ2n) is 7.37. The molecule has 0 aromatic heterocycles. The Morgan fingerprint density at radius 3 is 2.43 bits per heavy atom. The second-order valence-corrected chi connectivity index (χ2v) is 7.37. The lowest BCUT2D eigenvalue weighted by atomic mass is 9.86. The highest BCUT2D eigenvalue weighted by Crippen LogP contribution is 2.34. The number of rotatable bonds is 7. The zero-order chi connectivity index (χ0) is 20.9. The third-order valence-corrected chi connectivity index (χ3v) is 4.04. The molecule has 2 aromatic carbocycles. The molecular weight excluding hydrogens is 362 g/mol. The molecule has 3 N–H and O–H groups in total. The Kier molecular flexibility index (Phi) is 6.51. The number of aliphatic carboxylic acids is 1. The van der Waals surface area contributed by atoms with Gasteiger partial charge in [0.1, 0.15) is 17.2 Å². The molecule has 0 saturated heterocycles. The number of nitrogens with one attached hydrogen (secondary N) is 1. The maximum Gasteiger partial charge on any atom is 0.307 e. The van der Waals surface area contributed by atoms with E-state index in [2.05, 4.69) is 5.32 Å². The number of hydrogen-bond donors (Lipinski definition) is 3. The van der Waals surface area contributed by atoms with Crippen molar-refractivity contribution in [3.63, 3.8) is 0 Å². The van der Waals surface area contributed by atoms with E-state index in [1.54, 1.807) is 19.2 Å². The first-order chi connectivity index (χ1) is 13.1. The van der Waals surface area contributed by atoms with Gasteiger partial charge in [-0.2, -0.15) is 0 Å². The number of methoxy groups -OCH3 is 1. The number of aromatic hydroxyl groups is 1. The van der Waals surface area contributed by atoms with E-state index < -0.39 is 11.9 Å². The largest absolute Gasteiger partial charge is 0.506 e. The topological polar surface area (TPSA) is 105 Å². The summed E-state index contributed by atoms with van der Waals surface area (Å²) in [5.41, 5.74) is 1.28. The van der Waals surface area contributed by atoms with Gasteiger partial charge >= 0.3 is 5.97 Å². The molecule has 0 fully saturated rings. The van der Waals surface area contributed by atoms with Gasteiger partial charge in [-0.15, -0.1) is 0 Å². The van der Waals surface area contributed by atoms with Gasteiger partial charge in [-0.3, -0.25) is 9.59 Å². The van der Waals surface area contributed by atoms with Gasteiger partial charge in [-0.05, 0) is 41.3 Å². The molecular formula is C21H25NO6. The van der Waals surface area contributed by atoms with Crippen LogP contribution >= 0.6 is 0 Å². The van der Waals surface area contributed by atoms with Crippen LogP contribution in [0.1, 0.15) is 31.9 Å². The Hall–Kier alpha value is -3.22. The van der Waals surface area contributed by atoms with Crippen LogP contribution in [0.25, 0.3) is 0 Å². The number of carbonyl (C=O) groups excluding carboxylic acids is 1. The van der Waals surface area contributed by atoms with Crippen LogP contribution in [0, 0.1) is 0 Å². The second kappa shape index (κ2) is 8.65. The van der Waals surface area contributed by atoms with Gasteiger partial charge in [-0.25, -0.2) is 0 Å². The monoisotopic (exact) mass is 387 g/mol. The first kappa shape index (κ1) is 21.1. The van der Waals surface area contributed by atoms with Crippen molar-refractivity contribution in [3.8, 4) is 17.2 Å². The third kappa shape index (κ3) is 5.64. The van der Waals surface area contributed by atoms with Crippen molar-refractivity contribution >= 4 is 17.6 Å². The molecule has 7 heteroatoms. The molecule has 2 aromatic rings. The van der Waals surface area contributed by atoms with Crippen molar-refractivity contribution in [1.29, 1.82) is 0 Å². The zero-order valence-corrected chi connectivity index (χ0v) is 16.4. The number of ether oxygens (including phenoxy) is 2. The van der Waals surface area contributed by atoms with Gasteiger partial charge in [0, 0.05) is 5.56 Å². The number of anilines is 1. The first-order valence-corrected chi connectivity index (χ1v) is 8.75. The Balaban J connectivity index is 2.10. The standard InChI is InChI=1S/C21H25NO6/c1-21(2,3)15-11-14(27-4)6-8-18(15)28-12-19(24)22-16-9-13(10-20(25)26)5-7-17(16)23/h5-9,11,23H,10,12H2,1-4H3,(H,22,24)(H,25,26). The number of phenols is 1. The summed E-state index contributed by atoms with van der Waals surface area (Å²) in [7, 11) is 1.58. The van der Waals surface area contributed by atoms with Crippen molar-refractivity contribution in [3.05, 3.63) is 47.5 Å². The molecule has 7 nitrogen and oxygen atoms in total. The van der Waals surface area contributed by atoms with E-state index in [1.807, 2.05) is 26.8 Å². The number of amides is 1. The van der Waals surface area contributed by atoms with Gasteiger partial charge in [-0.1, -0.05) is 26.8 Å². The van der Waals surface area contributed by atoms with E-state index in [4.69, 9.17) is 14.6 Å². The lowest BCUT2D eigenvalue weighted by molar-refractivity contribution is -0.136. The van der Waals surface area contributed by atoms with Gasteiger partial charge < -0.3 is 25.0 Å². The average Bonchev–Trinajstić information content (AvgIpc) is 2.61. The number of benzene rings is 2. The predicted molar refractivity (Wildman–Crippen MR) is 105 cm³/mol. The maximum absolute atomic E-state index is 12.3. The summed E-state index contributed by atoms with van der Waals surface area (Å²) in [6.45, 7) is 5.82. The van der Waals surface area contributed by atoms with E-state index in [1.165, 1.54) is 18.2 Å². The third-order valence-electron chi connectivity index (χ3n) is 4.04. The highest BCUT2D eigenvalue weighted by molar-refractivity contribution is 5.93. The summed E-state index contributed by atoms with van der Waals surface area (Å²) in [6, 6.07) is 9.63. The van der Waals surface area contributed by atoms with E-state index in [-0.39, 0.29) is 29.9 Å². The number of carbonyl (C=O) groups is 2. The molecule has 0 atom stereocenters. The van der Waals surface area contributed by atoms with Crippen LogP contribution in [0.2, 0.25) is 0 Å². The molecule has 0 heterocycles. The minimum absolute atomic E-state index is 0.137. The smallest absolute Gasteiger partial charge is 0.307 e. The summed E-state index contributed by atoms with van der Waals surface area (Å²) in [4.78, 5) is 23.1. The van der Waals surface area contributed by atoms with Crippen LogP contribution in [-0.4, -0.2) is 35.8 Å². The molecule has 0 bridgehead atoms. The van der Waals surface area contributed by atoms with Crippen molar-refractivity contribution < 1.29 is 29.3 Å². The van der Waals surface area contributed by atoms with E-state index >= 15 is 0 Å². The first-order valence-electron chi connectivity index (χ1n) is 8.75. The van der Waals surface area contributed by atoms with Crippen LogP contribution < -0.4 is 14.8 Å². The van der Waals surface area contributed by atoms with Crippen LogP contribution in [0.3, 0.4) is 0 Å². The van der Waals surface area contributed by atoms with Gasteiger partial charge in [0.25, 0.3) is 5.91 Å². The predicted octanol–water partition coefficient (Wildman–Crippen LogP) is 3.34. The molecule has 1 amide bonds. The molecule has 0 saturated carbocycles. The minimum atomic E-state index is -1.000. The molecule has 0 radical (unpaired) electrons. The van der Waals surface area contributed by atoms with Crippen LogP contribution in [0.4, 0.5) is 5.69 Å². The van der Waals surface area contributed by atoms with Crippen LogP contribution in [-0.2, 0) is 21.4 Å². The number of phenolic OH excluding ortho intramolecular Hbond substituents is 1. The molecule has 0 unspecified atom stereocenters. The van der Waals surface area contributed by atoms with Crippen LogP contribution in [0.15, 0.2) is 36.4 Å². The molecule has 150 valence electrons. The molecule has 0 aliphatic carbocycles. The fraction of sp³-hybridized carbons (Fsp3) is 0.333. The maximum atomic E-state index is 12.3. The molecule has 0 spiro atoms. The fourth-order valence-corrected chi connectivity index (χ4v) is 2.65. The quantitative estimate of drug-likeness (QED) is 0.629. The number of hydrogen-bond acceptors (Lipinski definition) is 5. The van der Waals surface area contributed by atoms with Gasteiger partial charge in [0.2, 0.25) is 0 Å². The van der Waals surface area contributed by atoms with E-state index in [0.29, 0.717) is 17.1 Å². The van der Waals surface area contributed by atoms with Crippen molar-refractivity contribution in [1.82, 2.24) is 0 Å². The number of carboxylic acids is 1. The Labute approximate surface area is 163 Å². The van der Waals surface area contributed by atoms with E-state index in [0.717, 1.165) is 5.56 Å². The van der Waals surface area contributed by atoms with E-state index in [9.17, 15) is 14.7 Å². The molecule has 0 aliphatic heterocycles. The molecule has 2 rings (SSSR count). The number of carboxylic acid groups (broad SMARTS) is 1. The summed E-state index contributed by atoms with van der Waals surface area (Å²) < 4.78 is 10.9. The summed E-state index contributed by atoms with van der Waals surface area (Å²) in [6.07, 6.45) is -0.208.